The first kappa shape index (κ1) is 12.2. The molecule has 0 bridgehead atoms. The van der Waals surface area contributed by atoms with Gasteiger partial charge in [0.15, 0.2) is 0 Å². The van der Waals surface area contributed by atoms with E-state index in [1.54, 1.807) is 0 Å². The van der Waals surface area contributed by atoms with Crippen molar-refractivity contribution in [2.45, 2.75) is 0 Å². The lowest BCUT2D eigenvalue weighted by Gasteiger charge is -2.03. The van der Waals surface area contributed by atoms with Gasteiger partial charge >= 0.3 is 0 Å². The average molecular weight is 198 g/mol. The van der Waals surface area contributed by atoms with Crippen molar-refractivity contribution in [2.75, 3.05) is 20.6 Å². The molecule has 0 radical (unpaired) electrons. The van der Waals surface area contributed by atoms with Crippen molar-refractivity contribution in [1.29, 1.82) is 0 Å². The Labute approximate surface area is 86.5 Å². The molecule has 0 saturated heterocycles. The standard InChI is InChI=1S/C11H15N.ClH/c1-12(2)10-6-9-11-7-4-3-5-8-11;/h3-9H,10H2,1-2H3;1H/b9-6-;. The molecule has 72 valence electrons. The van der Waals surface area contributed by atoms with Crippen LogP contribution in [-0.2, 0) is 0 Å². The number of rotatable bonds is 3. The van der Waals surface area contributed by atoms with Gasteiger partial charge in [-0.25, -0.2) is 0 Å². The minimum atomic E-state index is 0. The summed E-state index contributed by atoms with van der Waals surface area (Å²) in [6.45, 7) is 0.995. The maximum Gasteiger partial charge on any atom is 0.0160 e. The third-order valence-corrected chi connectivity index (χ3v) is 1.58. The number of hydrogen-bond acceptors (Lipinski definition) is 1. The molecule has 0 fully saturated rings. The van der Waals surface area contributed by atoms with Crippen LogP contribution in [0.3, 0.4) is 0 Å². The van der Waals surface area contributed by atoms with E-state index >= 15 is 0 Å². The maximum absolute atomic E-state index is 2.16. The second kappa shape index (κ2) is 6.70. The Morgan fingerprint density at radius 1 is 1.15 bits per heavy atom. The van der Waals surface area contributed by atoms with Crippen LogP contribution < -0.4 is 0 Å². The fourth-order valence-electron chi connectivity index (χ4n) is 0.964. The van der Waals surface area contributed by atoms with E-state index in [9.17, 15) is 0 Å². The van der Waals surface area contributed by atoms with Crippen LogP contribution in [-0.4, -0.2) is 25.5 Å². The molecule has 0 atom stereocenters. The van der Waals surface area contributed by atoms with Crippen molar-refractivity contribution in [3.8, 4) is 0 Å². The predicted molar refractivity (Wildman–Crippen MR) is 61.3 cm³/mol. The van der Waals surface area contributed by atoms with Gasteiger partial charge in [-0.3, -0.25) is 0 Å². The van der Waals surface area contributed by atoms with Crippen molar-refractivity contribution in [1.82, 2.24) is 4.90 Å². The van der Waals surface area contributed by atoms with Crippen molar-refractivity contribution in [2.24, 2.45) is 0 Å². The fourth-order valence-corrected chi connectivity index (χ4v) is 0.964. The smallest absolute Gasteiger partial charge is 0.0160 e. The highest BCUT2D eigenvalue weighted by molar-refractivity contribution is 5.85. The molecule has 0 N–H and O–H groups in total. The van der Waals surface area contributed by atoms with Gasteiger partial charge in [-0.2, -0.15) is 0 Å². The molecule has 1 rings (SSSR count). The maximum atomic E-state index is 2.16. The van der Waals surface area contributed by atoms with Crippen LogP contribution in [0.1, 0.15) is 5.56 Å². The second-order valence-corrected chi connectivity index (χ2v) is 3.08. The van der Waals surface area contributed by atoms with Gasteiger partial charge in [0.1, 0.15) is 0 Å². The van der Waals surface area contributed by atoms with Gasteiger partial charge in [0.05, 0.1) is 0 Å². The summed E-state index contributed by atoms with van der Waals surface area (Å²) in [6.07, 6.45) is 4.30. The van der Waals surface area contributed by atoms with Gasteiger partial charge in [0.25, 0.3) is 0 Å². The van der Waals surface area contributed by atoms with Crippen LogP contribution >= 0.6 is 12.4 Å². The summed E-state index contributed by atoms with van der Waals surface area (Å²) in [4.78, 5) is 2.14. The number of hydrogen-bond donors (Lipinski definition) is 0. The number of halogens is 1. The van der Waals surface area contributed by atoms with Crippen molar-refractivity contribution in [3.05, 3.63) is 42.0 Å². The van der Waals surface area contributed by atoms with E-state index in [2.05, 4.69) is 55.4 Å². The third kappa shape index (κ3) is 5.45. The zero-order valence-corrected chi connectivity index (χ0v) is 8.92. The highest BCUT2D eigenvalue weighted by atomic mass is 35.5. The Morgan fingerprint density at radius 2 is 1.77 bits per heavy atom. The lowest BCUT2D eigenvalue weighted by atomic mass is 10.2. The van der Waals surface area contributed by atoms with E-state index in [0.29, 0.717) is 0 Å². The Kier molecular flexibility index (Phi) is 6.29. The van der Waals surface area contributed by atoms with E-state index in [0.717, 1.165) is 6.54 Å². The Morgan fingerprint density at radius 3 is 2.31 bits per heavy atom. The van der Waals surface area contributed by atoms with E-state index in [1.807, 2.05) is 6.07 Å². The zero-order valence-electron chi connectivity index (χ0n) is 8.10. The first-order valence-corrected chi connectivity index (χ1v) is 4.15. The molecule has 0 heterocycles. The Hall–Kier alpha value is -0.790. The number of likely N-dealkylation sites (N-methyl/N-ethyl adjacent to an activating group) is 1. The lowest BCUT2D eigenvalue weighted by Crippen LogP contribution is -2.10. The Balaban J connectivity index is 0.00000144. The molecule has 0 spiro atoms. The summed E-state index contributed by atoms with van der Waals surface area (Å²) >= 11 is 0. The largest absolute Gasteiger partial charge is 0.306 e. The summed E-state index contributed by atoms with van der Waals surface area (Å²) < 4.78 is 0. The molecule has 1 aromatic carbocycles. The zero-order chi connectivity index (χ0) is 8.81. The van der Waals surface area contributed by atoms with Gasteiger partial charge in [-0.1, -0.05) is 42.5 Å². The van der Waals surface area contributed by atoms with E-state index in [4.69, 9.17) is 0 Å². The molecule has 1 aromatic rings. The molecule has 0 saturated carbocycles. The summed E-state index contributed by atoms with van der Waals surface area (Å²) in [5.74, 6) is 0. The third-order valence-electron chi connectivity index (χ3n) is 1.58. The molecule has 0 aliphatic heterocycles. The number of nitrogens with zero attached hydrogens (tertiary/aromatic N) is 1. The first-order valence-electron chi connectivity index (χ1n) is 4.15. The van der Waals surface area contributed by atoms with Crippen LogP contribution in [0.25, 0.3) is 6.08 Å². The Bertz CT molecular complexity index is 242. The summed E-state index contributed by atoms with van der Waals surface area (Å²) in [6, 6.07) is 10.3. The van der Waals surface area contributed by atoms with Gasteiger partial charge in [0, 0.05) is 6.54 Å². The monoisotopic (exact) mass is 197 g/mol. The SMILES string of the molecule is CN(C)C/C=C\c1ccccc1.Cl. The molecule has 0 aliphatic rings. The van der Waals surface area contributed by atoms with Gasteiger partial charge < -0.3 is 4.90 Å². The fraction of sp³-hybridized carbons (Fsp3) is 0.273. The number of benzene rings is 1. The molecule has 1 nitrogen and oxygen atoms in total. The van der Waals surface area contributed by atoms with E-state index in [1.165, 1.54) is 5.56 Å². The van der Waals surface area contributed by atoms with Crippen LogP contribution in [0.4, 0.5) is 0 Å². The normalized spacial score (nSPS) is 10.4. The molecule has 0 amide bonds. The summed E-state index contributed by atoms with van der Waals surface area (Å²) in [5.41, 5.74) is 1.26. The van der Waals surface area contributed by atoms with Crippen LogP contribution in [0, 0.1) is 0 Å². The molecular formula is C11H16ClN. The molecule has 2 heteroatoms. The molecular weight excluding hydrogens is 182 g/mol. The highest BCUT2D eigenvalue weighted by Gasteiger charge is 1.83. The van der Waals surface area contributed by atoms with Crippen molar-refractivity contribution >= 4 is 18.5 Å². The van der Waals surface area contributed by atoms with Crippen LogP contribution in [0.15, 0.2) is 36.4 Å². The lowest BCUT2D eigenvalue weighted by molar-refractivity contribution is 0.457. The van der Waals surface area contributed by atoms with E-state index < -0.39 is 0 Å². The minimum absolute atomic E-state index is 0. The molecule has 0 aromatic heterocycles. The highest BCUT2D eigenvalue weighted by Crippen LogP contribution is 2.00. The van der Waals surface area contributed by atoms with E-state index in [-0.39, 0.29) is 12.4 Å². The second-order valence-electron chi connectivity index (χ2n) is 3.08. The minimum Gasteiger partial charge on any atom is -0.306 e. The van der Waals surface area contributed by atoms with Crippen LogP contribution in [0.2, 0.25) is 0 Å². The van der Waals surface area contributed by atoms with Gasteiger partial charge in [-0.15, -0.1) is 12.4 Å². The van der Waals surface area contributed by atoms with Crippen LogP contribution in [0.5, 0.6) is 0 Å². The molecule has 0 unspecified atom stereocenters. The molecule has 0 aliphatic carbocycles. The summed E-state index contributed by atoms with van der Waals surface area (Å²) in [5, 5.41) is 0. The predicted octanol–water partition coefficient (Wildman–Crippen LogP) is 2.68. The van der Waals surface area contributed by atoms with Gasteiger partial charge in [0.2, 0.25) is 0 Å². The van der Waals surface area contributed by atoms with Crippen molar-refractivity contribution < 1.29 is 0 Å². The van der Waals surface area contributed by atoms with Gasteiger partial charge in [-0.05, 0) is 19.7 Å². The molecule has 13 heavy (non-hydrogen) atoms. The first-order chi connectivity index (χ1) is 5.79. The topological polar surface area (TPSA) is 3.24 Å². The summed E-state index contributed by atoms with van der Waals surface area (Å²) in [7, 11) is 4.13. The quantitative estimate of drug-likeness (QED) is 0.720. The average Bonchev–Trinajstić information content (AvgIpc) is 2.05. The van der Waals surface area contributed by atoms with Crippen molar-refractivity contribution in [3.63, 3.8) is 0 Å².